The van der Waals surface area contributed by atoms with Gasteiger partial charge in [-0.15, -0.1) is 16.8 Å². The fraction of sp³-hybridized carbons (Fsp3) is 0.200. The van der Waals surface area contributed by atoms with Crippen molar-refractivity contribution in [2.24, 2.45) is 0 Å². The molecule has 0 bridgehead atoms. The fourth-order valence-electron chi connectivity index (χ4n) is 2.05. The molecule has 24 heavy (non-hydrogen) atoms. The van der Waals surface area contributed by atoms with Crippen molar-refractivity contribution in [1.82, 2.24) is 10.2 Å². The van der Waals surface area contributed by atoms with Gasteiger partial charge in [0, 0.05) is 12.6 Å². The zero-order chi connectivity index (χ0) is 17.0. The molecule has 9 heteroatoms. The first kappa shape index (κ1) is 16.1. The Labute approximate surface area is 139 Å². The van der Waals surface area contributed by atoms with Gasteiger partial charge >= 0.3 is 0 Å². The molecule has 126 valence electrons. The molecule has 2 heterocycles. The summed E-state index contributed by atoms with van der Waals surface area (Å²) < 4.78 is 38.0. The molecule has 0 saturated heterocycles. The van der Waals surface area contributed by atoms with E-state index in [1.807, 2.05) is 0 Å². The van der Waals surface area contributed by atoms with E-state index >= 15 is 0 Å². The first-order valence-corrected chi connectivity index (χ1v) is 8.68. The number of sulfonamides is 1. The molecular weight excluding hydrogens is 332 g/mol. The zero-order valence-electron chi connectivity index (χ0n) is 12.7. The topological polar surface area (TPSA) is 102 Å². The summed E-state index contributed by atoms with van der Waals surface area (Å²) in [5.74, 6) is 1.57. The molecule has 0 unspecified atom stereocenters. The summed E-state index contributed by atoms with van der Waals surface area (Å²) in [5.41, 5.74) is 0. The summed E-state index contributed by atoms with van der Waals surface area (Å²) in [6.45, 7) is 4.95. The SMILES string of the molecule is C=CCNc1ccc(NS(=O)(=O)c2ccc3c(c2)OCCO3)nn1. The van der Waals surface area contributed by atoms with Gasteiger partial charge in [-0.25, -0.2) is 8.42 Å². The standard InChI is InChI=1S/C15H16N4O4S/c1-2-7-16-14-5-6-15(18-17-14)19-24(20,21)11-3-4-12-13(10-11)23-9-8-22-12/h2-6,10H,1,7-9H2,(H,16,17)(H,18,19). The maximum atomic E-state index is 12.4. The van der Waals surface area contributed by atoms with Crippen LogP contribution in [0.5, 0.6) is 11.5 Å². The molecule has 1 aliphatic heterocycles. The molecule has 0 aliphatic carbocycles. The van der Waals surface area contributed by atoms with E-state index < -0.39 is 10.0 Å². The predicted molar refractivity (Wildman–Crippen MR) is 89.0 cm³/mol. The third-order valence-electron chi connectivity index (χ3n) is 3.15. The molecule has 3 rings (SSSR count). The average Bonchev–Trinajstić information content (AvgIpc) is 2.60. The van der Waals surface area contributed by atoms with Crippen molar-refractivity contribution < 1.29 is 17.9 Å². The van der Waals surface area contributed by atoms with Gasteiger partial charge in [0.15, 0.2) is 17.3 Å². The van der Waals surface area contributed by atoms with Crippen molar-refractivity contribution in [3.05, 3.63) is 43.0 Å². The molecule has 0 atom stereocenters. The maximum Gasteiger partial charge on any atom is 0.263 e. The lowest BCUT2D eigenvalue weighted by atomic mass is 10.3. The smallest absolute Gasteiger partial charge is 0.263 e. The summed E-state index contributed by atoms with van der Waals surface area (Å²) in [6, 6.07) is 7.58. The second kappa shape index (κ2) is 6.75. The summed E-state index contributed by atoms with van der Waals surface area (Å²) in [5, 5.41) is 10.7. The van der Waals surface area contributed by atoms with Crippen molar-refractivity contribution in [2.75, 3.05) is 29.8 Å². The van der Waals surface area contributed by atoms with Crippen LogP contribution in [-0.4, -0.2) is 38.4 Å². The summed E-state index contributed by atoms with van der Waals surface area (Å²) in [4.78, 5) is 0.0578. The molecular formula is C15H16N4O4S. The van der Waals surface area contributed by atoms with Crippen molar-refractivity contribution in [2.45, 2.75) is 4.90 Å². The number of anilines is 2. The minimum absolute atomic E-state index is 0.0578. The van der Waals surface area contributed by atoms with E-state index in [-0.39, 0.29) is 10.7 Å². The molecule has 0 fully saturated rings. The molecule has 0 radical (unpaired) electrons. The second-order valence-corrected chi connectivity index (χ2v) is 6.57. The van der Waals surface area contributed by atoms with Crippen molar-refractivity contribution in [1.29, 1.82) is 0 Å². The van der Waals surface area contributed by atoms with Gasteiger partial charge in [-0.1, -0.05) is 6.08 Å². The number of rotatable bonds is 6. The van der Waals surface area contributed by atoms with Crippen LogP contribution in [0.2, 0.25) is 0 Å². The average molecular weight is 348 g/mol. The van der Waals surface area contributed by atoms with Gasteiger partial charge in [0.05, 0.1) is 4.90 Å². The minimum atomic E-state index is -3.80. The normalized spacial score (nSPS) is 13.2. The Morgan fingerprint density at radius 3 is 2.50 bits per heavy atom. The summed E-state index contributed by atoms with van der Waals surface area (Å²) in [6.07, 6.45) is 1.68. The van der Waals surface area contributed by atoms with Crippen molar-refractivity contribution in [3.8, 4) is 11.5 Å². The number of aromatic nitrogens is 2. The quantitative estimate of drug-likeness (QED) is 0.765. The largest absolute Gasteiger partial charge is 0.486 e. The minimum Gasteiger partial charge on any atom is -0.486 e. The van der Waals surface area contributed by atoms with Gasteiger partial charge in [0.1, 0.15) is 19.0 Å². The number of benzene rings is 1. The molecule has 8 nitrogen and oxygen atoms in total. The van der Waals surface area contributed by atoms with Crippen LogP contribution in [0.4, 0.5) is 11.6 Å². The lowest BCUT2D eigenvalue weighted by molar-refractivity contribution is 0.171. The monoisotopic (exact) mass is 348 g/mol. The number of fused-ring (bicyclic) bond motifs is 1. The molecule has 1 aromatic heterocycles. The van der Waals surface area contributed by atoms with E-state index in [0.29, 0.717) is 37.1 Å². The Morgan fingerprint density at radius 2 is 1.79 bits per heavy atom. The van der Waals surface area contributed by atoms with Crippen LogP contribution in [0, 0.1) is 0 Å². The molecule has 2 aromatic rings. The Morgan fingerprint density at radius 1 is 1.08 bits per heavy atom. The van der Waals surface area contributed by atoms with E-state index in [2.05, 4.69) is 26.8 Å². The van der Waals surface area contributed by atoms with Crippen LogP contribution in [0.3, 0.4) is 0 Å². The number of hydrogen-bond donors (Lipinski definition) is 2. The first-order valence-electron chi connectivity index (χ1n) is 7.19. The highest BCUT2D eigenvalue weighted by molar-refractivity contribution is 7.92. The predicted octanol–water partition coefficient (Wildman–Crippen LogP) is 1.65. The van der Waals surface area contributed by atoms with Crippen LogP contribution in [0.1, 0.15) is 0 Å². The van der Waals surface area contributed by atoms with Crippen LogP contribution < -0.4 is 19.5 Å². The highest BCUT2D eigenvalue weighted by Crippen LogP contribution is 2.32. The van der Waals surface area contributed by atoms with E-state index in [0.717, 1.165) is 0 Å². The van der Waals surface area contributed by atoms with Gasteiger partial charge in [-0.05, 0) is 24.3 Å². The van der Waals surface area contributed by atoms with Crippen LogP contribution in [0.15, 0.2) is 47.9 Å². The van der Waals surface area contributed by atoms with E-state index in [1.165, 1.54) is 18.2 Å². The first-order chi connectivity index (χ1) is 11.6. The number of nitrogens with one attached hydrogen (secondary N) is 2. The van der Waals surface area contributed by atoms with Gasteiger partial charge in [0.25, 0.3) is 10.0 Å². The molecule has 2 N–H and O–H groups in total. The van der Waals surface area contributed by atoms with E-state index in [4.69, 9.17) is 9.47 Å². The van der Waals surface area contributed by atoms with Gasteiger partial charge in [-0.2, -0.15) is 0 Å². The summed E-state index contributed by atoms with van der Waals surface area (Å²) >= 11 is 0. The maximum absolute atomic E-state index is 12.4. The van der Waals surface area contributed by atoms with Crippen LogP contribution in [0.25, 0.3) is 0 Å². The lowest BCUT2D eigenvalue weighted by Crippen LogP contribution is -2.18. The fourth-order valence-corrected chi connectivity index (χ4v) is 3.06. The summed E-state index contributed by atoms with van der Waals surface area (Å²) in [7, 11) is -3.80. The van der Waals surface area contributed by atoms with Crippen LogP contribution in [-0.2, 0) is 10.0 Å². The van der Waals surface area contributed by atoms with Gasteiger partial charge in [0.2, 0.25) is 0 Å². The Hall–Kier alpha value is -2.81. The molecule has 0 amide bonds. The number of ether oxygens (including phenoxy) is 2. The van der Waals surface area contributed by atoms with Crippen molar-refractivity contribution in [3.63, 3.8) is 0 Å². The Bertz CT molecular complexity index is 837. The second-order valence-electron chi connectivity index (χ2n) is 4.88. The zero-order valence-corrected chi connectivity index (χ0v) is 13.5. The Kier molecular flexibility index (Phi) is 4.52. The molecule has 1 aromatic carbocycles. The number of hydrogen-bond acceptors (Lipinski definition) is 7. The number of nitrogens with zero attached hydrogens (tertiary/aromatic N) is 2. The third kappa shape index (κ3) is 3.57. The van der Waals surface area contributed by atoms with Gasteiger partial charge < -0.3 is 14.8 Å². The van der Waals surface area contributed by atoms with Gasteiger partial charge in [-0.3, -0.25) is 4.72 Å². The highest BCUT2D eigenvalue weighted by Gasteiger charge is 2.20. The highest BCUT2D eigenvalue weighted by atomic mass is 32.2. The Balaban J connectivity index is 1.77. The van der Waals surface area contributed by atoms with E-state index in [1.54, 1.807) is 18.2 Å². The molecule has 0 spiro atoms. The van der Waals surface area contributed by atoms with E-state index in [9.17, 15) is 8.42 Å². The van der Waals surface area contributed by atoms with Crippen molar-refractivity contribution >= 4 is 21.7 Å². The third-order valence-corrected chi connectivity index (χ3v) is 4.51. The molecule has 1 aliphatic rings. The lowest BCUT2D eigenvalue weighted by Gasteiger charge is -2.18. The molecule has 0 saturated carbocycles. The van der Waals surface area contributed by atoms with Crippen LogP contribution >= 0.6 is 0 Å².